The molecule has 0 unspecified atom stereocenters. The summed E-state index contributed by atoms with van der Waals surface area (Å²) in [5.74, 6) is 0.642. The summed E-state index contributed by atoms with van der Waals surface area (Å²) in [5, 5.41) is 13.7. The van der Waals surface area contributed by atoms with Crippen LogP contribution in [0.25, 0.3) is 0 Å². The monoisotopic (exact) mass is 337 g/mol. The molecular formula is C14H15N3O5S. The lowest BCUT2D eigenvalue weighted by Crippen LogP contribution is -2.08. The first kappa shape index (κ1) is 16.7. The van der Waals surface area contributed by atoms with Crippen LogP contribution in [0, 0.1) is 10.1 Å². The van der Waals surface area contributed by atoms with Gasteiger partial charge in [0.25, 0.3) is 5.69 Å². The van der Waals surface area contributed by atoms with Crippen molar-refractivity contribution in [1.29, 1.82) is 0 Å². The van der Waals surface area contributed by atoms with E-state index in [1.54, 1.807) is 0 Å². The van der Waals surface area contributed by atoms with E-state index in [1.807, 2.05) is 0 Å². The number of methoxy groups -OCH3 is 1. The first-order chi connectivity index (χ1) is 10.8. The molecule has 1 aromatic carbocycles. The number of aromatic nitrogens is 1. The molecule has 1 aromatic heterocycles. The molecule has 0 spiro atoms. The first-order valence-electron chi connectivity index (χ1n) is 6.53. The van der Waals surface area contributed by atoms with Crippen LogP contribution in [-0.4, -0.2) is 31.7 Å². The van der Waals surface area contributed by atoms with E-state index in [-0.39, 0.29) is 22.9 Å². The molecular weight excluding hydrogens is 322 g/mol. The van der Waals surface area contributed by atoms with Crippen LogP contribution in [0.5, 0.6) is 5.75 Å². The maximum Gasteiger partial charge on any atom is 0.270 e. The van der Waals surface area contributed by atoms with E-state index in [4.69, 9.17) is 4.74 Å². The van der Waals surface area contributed by atoms with E-state index < -0.39 is 14.8 Å². The number of hydrogen-bond donors (Lipinski definition) is 1. The first-order valence-corrected chi connectivity index (χ1v) is 8.42. The Kier molecular flexibility index (Phi) is 4.80. The van der Waals surface area contributed by atoms with E-state index in [2.05, 4.69) is 10.3 Å². The van der Waals surface area contributed by atoms with Gasteiger partial charge in [0.2, 0.25) is 0 Å². The molecule has 0 atom stereocenters. The normalized spacial score (nSPS) is 11.0. The summed E-state index contributed by atoms with van der Waals surface area (Å²) in [6, 6.07) is 7.16. The Morgan fingerprint density at radius 1 is 1.35 bits per heavy atom. The van der Waals surface area contributed by atoms with Crippen LogP contribution in [0.3, 0.4) is 0 Å². The van der Waals surface area contributed by atoms with Crippen molar-refractivity contribution in [2.24, 2.45) is 0 Å². The Balaban J connectivity index is 2.32. The largest absolute Gasteiger partial charge is 0.496 e. The molecule has 2 rings (SSSR count). The molecule has 0 bridgehead atoms. The van der Waals surface area contributed by atoms with Crippen LogP contribution >= 0.6 is 0 Å². The highest BCUT2D eigenvalue weighted by atomic mass is 32.2. The van der Waals surface area contributed by atoms with Crippen molar-refractivity contribution in [2.75, 3.05) is 18.7 Å². The summed E-state index contributed by atoms with van der Waals surface area (Å²) >= 11 is 0. The highest BCUT2D eigenvalue weighted by Gasteiger charge is 2.15. The zero-order valence-electron chi connectivity index (χ0n) is 12.5. The van der Waals surface area contributed by atoms with Gasteiger partial charge in [-0.05, 0) is 18.2 Å². The summed E-state index contributed by atoms with van der Waals surface area (Å²) in [5.41, 5.74) is 0.443. The number of rotatable bonds is 6. The lowest BCUT2D eigenvalue weighted by Gasteiger charge is -2.12. The summed E-state index contributed by atoms with van der Waals surface area (Å²) < 4.78 is 28.6. The van der Waals surface area contributed by atoms with Gasteiger partial charge in [-0.15, -0.1) is 0 Å². The maximum absolute atomic E-state index is 11.7. The van der Waals surface area contributed by atoms with E-state index in [0.29, 0.717) is 11.3 Å². The SMILES string of the molecule is COc1ccc([N+](=O)[O-])cc1CNc1ncccc1S(C)(=O)=O. The van der Waals surface area contributed by atoms with Crippen LogP contribution in [0.4, 0.5) is 11.5 Å². The summed E-state index contributed by atoms with van der Waals surface area (Å²) in [6.07, 6.45) is 2.55. The van der Waals surface area contributed by atoms with Crippen molar-refractivity contribution in [1.82, 2.24) is 4.98 Å². The van der Waals surface area contributed by atoms with Crippen LogP contribution in [-0.2, 0) is 16.4 Å². The molecule has 0 fully saturated rings. The fourth-order valence-electron chi connectivity index (χ4n) is 2.02. The molecule has 0 amide bonds. The van der Waals surface area contributed by atoms with Gasteiger partial charge in [-0.25, -0.2) is 13.4 Å². The molecule has 8 nitrogen and oxygen atoms in total. The topological polar surface area (TPSA) is 111 Å². The number of ether oxygens (including phenoxy) is 1. The molecule has 0 saturated carbocycles. The standard InChI is InChI=1S/C14H15N3O5S/c1-22-12-6-5-11(17(18)19)8-10(12)9-16-14-13(23(2,20)21)4-3-7-15-14/h3-8H,9H2,1-2H3,(H,15,16). The average molecular weight is 337 g/mol. The van der Waals surface area contributed by atoms with Crippen molar-refractivity contribution in [3.8, 4) is 5.75 Å². The van der Waals surface area contributed by atoms with Crippen LogP contribution in [0.15, 0.2) is 41.4 Å². The van der Waals surface area contributed by atoms with Crippen molar-refractivity contribution in [2.45, 2.75) is 11.4 Å². The third-order valence-electron chi connectivity index (χ3n) is 3.09. The van der Waals surface area contributed by atoms with E-state index in [9.17, 15) is 18.5 Å². The van der Waals surface area contributed by atoms with Gasteiger partial charge in [0, 0.05) is 36.7 Å². The molecule has 122 valence electrons. The van der Waals surface area contributed by atoms with E-state index in [0.717, 1.165) is 6.26 Å². The highest BCUT2D eigenvalue weighted by molar-refractivity contribution is 7.90. The molecule has 2 aromatic rings. The number of pyridine rings is 1. The molecule has 0 aliphatic rings. The zero-order valence-corrected chi connectivity index (χ0v) is 13.3. The van der Waals surface area contributed by atoms with Gasteiger partial charge in [-0.1, -0.05) is 0 Å². The van der Waals surface area contributed by atoms with Crippen molar-refractivity contribution in [3.63, 3.8) is 0 Å². The minimum absolute atomic E-state index is 0.0596. The smallest absolute Gasteiger partial charge is 0.270 e. The van der Waals surface area contributed by atoms with Gasteiger partial charge in [0.15, 0.2) is 9.84 Å². The number of non-ortho nitro benzene ring substituents is 1. The molecule has 0 radical (unpaired) electrons. The van der Waals surface area contributed by atoms with Crippen LogP contribution < -0.4 is 10.1 Å². The Labute approximate surface area is 133 Å². The maximum atomic E-state index is 11.7. The van der Waals surface area contributed by atoms with Gasteiger partial charge in [-0.2, -0.15) is 0 Å². The second kappa shape index (κ2) is 6.61. The van der Waals surface area contributed by atoms with E-state index >= 15 is 0 Å². The van der Waals surface area contributed by atoms with E-state index in [1.165, 1.54) is 43.6 Å². The number of anilines is 1. The summed E-state index contributed by atoms with van der Waals surface area (Å²) in [4.78, 5) is 14.4. The van der Waals surface area contributed by atoms with Crippen LogP contribution in [0.1, 0.15) is 5.56 Å². The lowest BCUT2D eigenvalue weighted by atomic mass is 10.1. The van der Waals surface area contributed by atoms with Crippen LogP contribution in [0.2, 0.25) is 0 Å². The number of nitrogens with one attached hydrogen (secondary N) is 1. The van der Waals surface area contributed by atoms with Gasteiger partial charge in [0.1, 0.15) is 16.5 Å². The minimum Gasteiger partial charge on any atom is -0.496 e. The average Bonchev–Trinajstić information content (AvgIpc) is 2.51. The third-order valence-corrected chi connectivity index (χ3v) is 4.22. The van der Waals surface area contributed by atoms with Gasteiger partial charge in [0.05, 0.1) is 12.0 Å². The quantitative estimate of drug-likeness (QED) is 0.634. The predicted octanol–water partition coefficient (Wildman–Crippen LogP) is 2.01. The van der Waals surface area contributed by atoms with Crippen molar-refractivity contribution >= 4 is 21.3 Å². The number of nitro groups is 1. The van der Waals surface area contributed by atoms with Crippen molar-refractivity contribution < 1.29 is 18.1 Å². The molecule has 1 N–H and O–H groups in total. The number of nitrogens with zero attached hydrogens (tertiary/aromatic N) is 2. The Morgan fingerprint density at radius 2 is 2.09 bits per heavy atom. The highest BCUT2D eigenvalue weighted by Crippen LogP contribution is 2.26. The minimum atomic E-state index is -3.44. The van der Waals surface area contributed by atoms with Gasteiger partial charge < -0.3 is 10.1 Å². The molecule has 9 heteroatoms. The number of benzene rings is 1. The fraction of sp³-hybridized carbons (Fsp3) is 0.214. The molecule has 1 heterocycles. The number of sulfone groups is 1. The zero-order chi connectivity index (χ0) is 17.0. The summed E-state index contributed by atoms with van der Waals surface area (Å²) in [6.45, 7) is 0.129. The number of hydrogen-bond acceptors (Lipinski definition) is 7. The molecule has 0 aliphatic carbocycles. The lowest BCUT2D eigenvalue weighted by molar-refractivity contribution is -0.384. The second-order valence-corrected chi connectivity index (χ2v) is 6.71. The summed E-state index contributed by atoms with van der Waals surface area (Å²) in [7, 11) is -1.99. The Morgan fingerprint density at radius 3 is 2.70 bits per heavy atom. The Bertz CT molecular complexity index is 836. The second-order valence-electron chi connectivity index (χ2n) is 4.73. The van der Waals surface area contributed by atoms with Gasteiger partial charge >= 0.3 is 0 Å². The molecule has 0 saturated heterocycles. The Hall–Kier alpha value is -2.68. The van der Waals surface area contributed by atoms with Gasteiger partial charge in [-0.3, -0.25) is 10.1 Å². The molecule has 0 aliphatic heterocycles. The van der Waals surface area contributed by atoms with Crippen molar-refractivity contribution in [3.05, 3.63) is 52.2 Å². The molecule has 23 heavy (non-hydrogen) atoms. The number of nitro benzene ring substituents is 1. The fourth-order valence-corrected chi connectivity index (χ4v) is 2.82. The third kappa shape index (κ3) is 3.95. The predicted molar refractivity (Wildman–Crippen MR) is 84.3 cm³/mol.